The first-order chi connectivity index (χ1) is 15.0. The summed E-state index contributed by atoms with van der Waals surface area (Å²) in [7, 11) is 0. The normalized spacial score (nSPS) is 10.5. The fourth-order valence-electron chi connectivity index (χ4n) is 2.96. The minimum Gasteiger partial charge on any atom is -0.482 e. The van der Waals surface area contributed by atoms with Crippen LogP contribution in [0.5, 0.6) is 5.75 Å². The number of benzene rings is 3. The first-order valence-electron chi connectivity index (χ1n) is 9.53. The molecule has 0 aliphatic rings. The molecule has 160 valence electrons. The monoisotopic (exact) mass is 426 g/mol. The summed E-state index contributed by atoms with van der Waals surface area (Å²) in [6.45, 7) is -0.737. The average Bonchev–Trinajstić information content (AvgIpc) is 2.76. The molecule has 0 amide bonds. The van der Waals surface area contributed by atoms with Crippen molar-refractivity contribution in [2.45, 2.75) is 6.42 Å². The number of carbonyl (C=O) groups excluding carboxylic acids is 2. The van der Waals surface area contributed by atoms with E-state index in [4.69, 9.17) is 14.6 Å². The molecule has 31 heavy (non-hydrogen) atoms. The molecule has 0 bridgehead atoms. The van der Waals surface area contributed by atoms with Gasteiger partial charge in [-0.1, -0.05) is 30.3 Å². The van der Waals surface area contributed by atoms with Crippen molar-refractivity contribution in [1.82, 2.24) is 0 Å². The number of hydrogen-bond acceptors (Lipinski definition) is 5. The van der Waals surface area contributed by atoms with E-state index in [2.05, 4.69) is 0 Å². The highest BCUT2D eigenvalue weighted by Gasteiger charge is 2.15. The Labute approximate surface area is 177 Å². The van der Waals surface area contributed by atoms with E-state index in [-0.39, 0.29) is 31.8 Å². The van der Waals surface area contributed by atoms with E-state index in [9.17, 15) is 18.4 Å². The van der Waals surface area contributed by atoms with Crippen LogP contribution in [0.3, 0.4) is 0 Å². The van der Waals surface area contributed by atoms with E-state index in [1.807, 2.05) is 0 Å². The van der Waals surface area contributed by atoms with Crippen LogP contribution in [0.25, 0.3) is 11.1 Å². The van der Waals surface area contributed by atoms with Crippen molar-refractivity contribution in [2.75, 3.05) is 19.8 Å². The van der Waals surface area contributed by atoms with Crippen LogP contribution in [-0.4, -0.2) is 36.7 Å². The van der Waals surface area contributed by atoms with Gasteiger partial charge >= 0.3 is 5.97 Å². The fourth-order valence-corrected chi connectivity index (χ4v) is 2.96. The molecule has 0 atom stereocenters. The maximum absolute atomic E-state index is 14.3. The summed E-state index contributed by atoms with van der Waals surface area (Å²) in [6, 6.07) is 16.4. The van der Waals surface area contributed by atoms with Gasteiger partial charge in [-0.2, -0.15) is 0 Å². The van der Waals surface area contributed by atoms with Crippen LogP contribution in [0, 0.1) is 11.6 Å². The molecule has 0 saturated carbocycles. The number of aliphatic hydroxyl groups excluding tert-OH is 1. The van der Waals surface area contributed by atoms with Gasteiger partial charge in [-0.25, -0.2) is 13.6 Å². The molecule has 0 aromatic heterocycles. The SMILES string of the molecule is O=C(COc1cccc(CC(=O)c2cc(-c3cccc(F)c3)ccc2F)c1)OCCO. The summed E-state index contributed by atoms with van der Waals surface area (Å²) in [5.74, 6) is -1.82. The molecule has 0 spiro atoms. The largest absolute Gasteiger partial charge is 0.482 e. The molecule has 5 nitrogen and oxygen atoms in total. The summed E-state index contributed by atoms with van der Waals surface area (Å²) < 4.78 is 37.8. The molecule has 0 fully saturated rings. The molecule has 7 heteroatoms. The van der Waals surface area contributed by atoms with Crippen LogP contribution >= 0.6 is 0 Å². The lowest BCUT2D eigenvalue weighted by Gasteiger charge is -2.09. The Balaban J connectivity index is 1.71. The first kappa shape index (κ1) is 22.1. The van der Waals surface area contributed by atoms with Crippen LogP contribution in [0.15, 0.2) is 66.7 Å². The highest BCUT2D eigenvalue weighted by atomic mass is 19.1. The number of Topliss-reactive ketones (excluding diaryl/α,β-unsaturated/α-hetero) is 1. The third kappa shape index (κ3) is 6.20. The van der Waals surface area contributed by atoms with Crippen molar-refractivity contribution in [2.24, 2.45) is 0 Å². The number of esters is 1. The third-order valence-electron chi connectivity index (χ3n) is 4.40. The summed E-state index contributed by atoms with van der Waals surface area (Å²) >= 11 is 0. The first-order valence-corrected chi connectivity index (χ1v) is 9.53. The van der Waals surface area contributed by atoms with E-state index < -0.39 is 23.4 Å². The maximum Gasteiger partial charge on any atom is 0.344 e. The molecule has 0 aliphatic heterocycles. The fraction of sp³-hybridized carbons (Fsp3) is 0.167. The molecular weight excluding hydrogens is 406 g/mol. The second-order valence-electron chi connectivity index (χ2n) is 6.69. The van der Waals surface area contributed by atoms with Gasteiger partial charge in [0.1, 0.15) is 24.0 Å². The van der Waals surface area contributed by atoms with E-state index in [0.717, 1.165) is 0 Å². The molecule has 3 aromatic rings. The Bertz CT molecular complexity index is 1080. The van der Waals surface area contributed by atoms with E-state index in [1.54, 1.807) is 36.4 Å². The maximum atomic E-state index is 14.3. The summed E-state index contributed by atoms with van der Waals surface area (Å²) in [6.07, 6.45) is -0.0876. The molecule has 0 saturated heterocycles. The van der Waals surface area contributed by atoms with Crippen LogP contribution in [0.2, 0.25) is 0 Å². The molecule has 0 radical (unpaired) electrons. The van der Waals surface area contributed by atoms with Crippen LogP contribution in [0.1, 0.15) is 15.9 Å². The minimum absolute atomic E-state index is 0.0876. The zero-order valence-electron chi connectivity index (χ0n) is 16.5. The predicted octanol–water partition coefficient (Wildman–Crippen LogP) is 3.97. The van der Waals surface area contributed by atoms with Gasteiger partial charge in [0.2, 0.25) is 0 Å². The third-order valence-corrected chi connectivity index (χ3v) is 4.40. The molecule has 0 heterocycles. The van der Waals surface area contributed by atoms with Crippen molar-refractivity contribution in [1.29, 1.82) is 0 Å². The predicted molar refractivity (Wildman–Crippen MR) is 110 cm³/mol. The Morgan fingerprint density at radius 1 is 0.903 bits per heavy atom. The second-order valence-corrected chi connectivity index (χ2v) is 6.69. The van der Waals surface area contributed by atoms with Crippen molar-refractivity contribution in [3.63, 3.8) is 0 Å². The zero-order valence-corrected chi connectivity index (χ0v) is 16.5. The summed E-state index contributed by atoms with van der Waals surface area (Å²) in [4.78, 5) is 24.2. The van der Waals surface area contributed by atoms with Gasteiger partial charge in [0.05, 0.1) is 12.2 Å². The van der Waals surface area contributed by atoms with Gasteiger partial charge in [0, 0.05) is 6.42 Å². The van der Waals surface area contributed by atoms with Gasteiger partial charge < -0.3 is 14.6 Å². The van der Waals surface area contributed by atoms with Gasteiger partial charge in [-0.05, 0) is 53.1 Å². The lowest BCUT2D eigenvalue weighted by Crippen LogP contribution is -2.16. The Morgan fingerprint density at radius 3 is 2.45 bits per heavy atom. The van der Waals surface area contributed by atoms with Crippen molar-refractivity contribution in [3.05, 3.63) is 89.5 Å². The van der Waals surface area contributed by atoms with Crippen LogP contribution in [-0.2, 0) is 16.0 Å². The molecule has 0 aliphatic carbocycles. The number of carbonyl (C=O) groups is 2. The number of hydrogen-bond donors (Lipinski definition) is 1. The zero-order chi connectivity index (χ0) is 22.2. The summed E-state index contributed by atoms with van der Waals surface area (Å²) in [5.41, 5.74) is 1.54. The highest BCUT2D eigenvalue weighted by molar-refractivity contribution is 5.98. The number of halogens is 2. The minimum atomic E-state index is -0.663. The van der Waals surface area contributed by atoms with Crippen molar-refractivity contribution < 1.29 is 33.0 Å². The van der Waals surface area contributed by atoms with Crippen molar-refractivity contribution >= 4 is 11.8 Å². The number of rotatable bonds is 9. The van der Waals surface area contributed by atoms with Gasteiger partial charge in [0.15, 0.2) is 12.4 Å². The second kappa shape index (κ2) is 10.4. The Kier molecular flexibility index (Phi) is 7.45. The number of ether oxygens (including phenoxy) is 2. The summed E-state index contributed by atoms with van der Waals surface area (Å²) in [5, 5.41) is 8.63. The highest BCUT2D eigenvalue weighted by Crippen LogP contribution is 2.24. The van der Waals surface area contributed by atoms with E-state index in [1.165, 1.54) is 30.3 Å². The quantitative estimate of drug-likeness (QED) is 0.414. The van der Waals surface area contributed by atoms with Crippen molar-refractivity contribution in [3.8, 4) is 16.9 Å². The number of aliphatic hydroxyl groups is 1. The lowest BCUT2D eigenvalue weighted by atomic mass is 9.97. The molecule has 3 rings (SSSR count). The molecule has 0 unspecified atom stereocenters. The molecule has 3 aromatic carbocycles. The van der Waals surface area contributed by atoms with E-state index >= 15 is 0 Å². The lowest BCUT2D eigenvalue weighted by molar-refractivity contribution is -0.146. The van der Waals surface area contributed by atoms with Gasteiger partial charge in [0.25, 0.3) is 0 Å². The molecule has 1 N–H and O–H groups in total. The number of ketones is 1. The van der Waals surface area contributed by atoms with Gasteiger partial charge in [-0.3, -0.25) is 4.79 Å². The smallest absolute Gasteiger partial charge is 0.344 e. The van der Waals surface area contributed by atoms with Gasteiger partial charge in [-0.15, -0.1) is 0 Å². The van der Waals surface area contributed by atoms with Crippen LogP contribution in [0.4, 0.5) is 8.78 Å². The van der Waals surface area contributed by atoms with E-state index in [0.29, 0.717) is 22.4 Å². The standard InChI is InChI=1S/C24H20F2O5/c25-19-5-2-4-17(13-19)18-7-8-22(26)21(14-18)23(28)12-16-3-1-6-20(11-16)31-15-24(29)30-10-9-27/h1-8,11,13-14,27H,9-10,12,15H2. The average molecular weight is 426 g/mol. The topological polar surface area (TPSA) is 72.8 Å². The molecular formula is C24H20F2O5. The van der Waals surface area contributed by atoms with Crippen LogP contribution < -0.4 is 4.74 Å². The Hall–Kier alpha value is -3.58. The Morgan fingerprint density at radius 2 is 1.68 bits per heavy atom.